The fourth-order valence-corrected chi connectivity index (χ4v) is 3.16. The highest BCUT2D eigenvalue weighted by molar-refractivity contribution is 5.88. The lowest BCUT2D eigenvalue weighted by molar-refractivity contribution is -0.473. The molecule has 9 heteroatoms. The minimum absolute atomic E-state index is 0.127. The summed E-state index contributed by atoms with van der Waals surface area (Å²) in [6.45, 7) is 9.18. The second kappa shape index (κ2) is 15.1. The molecule has 0 fully saturated rings. The number of nitrogens with one attached hydrogen (secondary N) is 1. The van der Waals surface area contributed by atoms with Crippen LogP contribution in [0.15, 0.2) is 0 Å². The zero-order chi connectivity index (χ0) is 23.1. The molecule has 0 aliphatic heterocycles. The third-order valence-corrected chi connectivity index (χ3v) is 4.59. The molecule has 0 saturated heterocycles. The third kappa shape index (κ3) is 10.4. The Morgan fingerprint density at radius 2 is 1.84 bits per heavy atom. The molecule has 31 heavy (non-hydrogen) atoms. The van der Waals surface area contributed by atoms with E-state index in [2.05, 4.69) is 17.2 Å². The summed E-state index contributed by atoms with van der Waals surface area (Å²) in [6.07, 6.45) is 3.50. The number of nitrogens with zero attached hydrogens (tertiary/aromatic N) is 3. The van der Waals surface area contributed by atoms with Gasteiger partial charge in [-0.05, 0) is 40.5 Å². The molecule has 1 unspecified atom stereocenters. The molecule has 1 rings (SSSR count). The Morgan fingerprint density at radius 3 is 2.52 bits per heavy atom. The molecule has 1 N–H and O–H groups in total. The largest absolute Gasteiger partial charge is 0.377 e. The number of ether oxygens (including phenoxy) is 1. The number of hydrazine groups is 1. The van der Waals surface area contributed by atoms with Gasteiger partial charge in [-0.3, -0.25) is 14.5 Å². The lowest BCUT2D eigenvalue weighted by atomic mass is 9.94. The molecule has 8 nitrogen and oxygen atoms in total. The van der Waals surface area contributed by atoms with Gasteiger partial charge in [-0.25, -0.2) is 4.39 Å². The van der Waals surface area contributed by atoms with Gasteiger partial charge in [0.1, 0.15) is 0 Å². The molecule has 0 spiro atoms. The van der Waals surface area contributed by atoms with E-state index in [0.29, 0.717) is 12.8 Å². The fourth-order valence-electron chi connectivity index (χ4n) is 3.16. The van der Waals surface area contributed by atoms with Crippen LogP contribution in [0.5, 0.6) is 0 Å². The normalized spacial score (nSPS) is 19.1. The van der Waals surface area contributed by atoms with Crippen LogP contribution in [0.1, 0.15) is 66.2 Å². The molecule has 0 radical (unpaired) electrons. The second-order valence-corrected chi connectivity index (χ2v) is 7.91. The van der Waals surface area contributed by atoms with Crippen molar-refractivity contribution in [2.24, 2.45) is 0 Å². The molecule has 176 valence electrons. The maximum Gasteiger partial charge on any atom is 0.270 e. The summed E-state index contributed by atoms with van der Waals surface area (Å²) in [4.78, 5) is 23.4. The number of alkyl halides is 1. The summed E-state index contributed by atoms with van der Waals surface area (Å²) in [5.41, 5.74) is -2.11. The molecule has 0 heterocycles. The average Bonchev–Trinajstić information content (AvgIpc) is 2.69. The van der Waals surface area contributed by atoms with Crippen molar-refractivity contribution < 1.29 is 23.6 Å². The minimum Gasteiger partial charge on any atom is -0.377 e. The van der Waals surface area contributed by atoms with E-state index in [1.165, 1.54) is 5.34 Å². The maximum atomic E-state index is 14.8. The van der Waals surface area contributed by atoms with E-state index in [0.717, 1.165) is 12.8 Å². The van der Waals surface area contributed by atoms with E-state index in [1.54, 1.807) is 0 Å². The highest BCUT2D eigenvalue weighted by Gasteiger charge is 2.36. The van der Waals surface area contributed by atoms with Gasteiger partial charge >= 0.3 is 0 Å². The molecule has 0 aromatic rings. The summed E-state index contributed by atoms with van der Waals surface area (Å²) in [6, 6.07) is 2.29. The summed E-state index contributed by atoms with van der Waals surface area (Å²) < 4.78 is 20.2. The van der Waals surface area contributed by atoms with Gasteiger partial charge in [0.2, 0.25) is 5.67 Å². The predicted molar refractivity (Wildman–Crippen MR) is 115 cm³/mol. The van der Waals surface area contributed by atoms with Crippen molar-refractivity contribution >= 4 is 5.91 Å². The molecule has 1 aliphatic rings. The molecule has 0 saturated carbocycles. The Balaban J connectivity index is 2.34. The summed E-state index contributed by atoms with van der Waals surface area (Å²) >= 11 is 0. The highest BCUT2D eigenvalue weighted by atomic mass is 19.1. The Kier molecular flexibility index (Phi) is 13.3. The molecular weight excluding hydrogens is 403 g/mol. The number of carbonyl (C=O) groups excluding carboxylic acids is 1. The number of hydrogen-bond acceptors (Lipinski definition) is 7. The zero-order valence-corrected chi connectivity index (χ0v) is 19.3. The van der Waals surface area contributed by atoms with E-state index in [1.807, 2.05) is 38.8 Å². The zero-order valence-electron chi connectivity index (χ0n) is 19.3. The smallest absolute Gasteiger partial charge is 0.270 e. The van der Waals surface area contributed by atoms with Crippen molar-refractivity contribution in [3.63, 3.8) is 0 Å². The van der Waals surface area contributed by atoms with Gasteiger partial charge in [-0.1, -0.05) is 18.3 Å². The lowest BCUT2D eigenvalue weighted by Gasteiger charge is -2.37. The molecule has 0 bridgehead atoms. The summed E-state index contributed by atoms with van der Waals surface area (Å²) in [5, 5.41) is 14.5. The third-order valence-electron chi connectivity index (χ3n) is 4.59. The predicted octanol–water partition coefficient (Wildman–Crippen LogP) is 2.91. The number of hydrogen-bond donors (Lipinski definition) is 1. The number of amides is 1. The quantitative estimate of drug-likeness (QED) is 0.252. The van der Waals surface area contributed by atoms with E-state index in [4.69, 9.17) is 19.7 Å². The first-order valence-electron chi connectivity index (χ1n) is 11.1. The van der Waals surface area contributed by atoms with Gasteiger partial charge < -0.3 is 10.1 Å². The Hall–Kier alpha value is -1.75. The van der Waals surface area contributed by atoms with E-state index < -0.39 is 11.6 Å². The average molecular weight is 441 g/mol. The van der Waals surface area contributed by atoms with Crippen molar-refractivity contribution in [2.75, 3.05) is 33.0 Å². The summed E-state index contributed by atoms with van der Waals surface area (Å²) in [7, 11) is 0. The Bertz CT molecular complexity index is 621. The first-order chi connectivity index (χ1) is 14.8. The first kappa shape index (κ1) is 27.3. The van der Waals surface area contributed by atoms with Crippen LogP contribution in [0, 0.1) is 23.2 Å². The maximum absolute atomic E-state index is 14.8. The van der Waals surface area contributed by atoms with Crippen molar-refractivity contribution in [3.8, 4) is 17.9 Å². The number of halogens is 1. The van der Waals surface area contributed by atoms with Crippen LogP contribution >= 0.6 is 0 Å². The van der Waals surface area contributed by atoms with Crippen LogP contribution in [0.2, 0.25) is 0 Å². The number of nitriles is 1. The van der Waals surface area contributed by atoms with Gasteiger partial charge in [0.05, 0.1) is 38.9 Å². The SMILES string of the molecule is CC(C)N(C(C)C)N(OCCC#N)OCCOCCNC(=O)C1(F)C#CCCCCC1. The van der Waals surface area contributed by atoms with Crippen LogP contribution in [-0.2, 0) is 19.2 Å². The monoisotopic (exact) mass is 440 g/mol. The van der Waals surface area contributed by atoms with Crippen LogP contribution < -0.4 is 5.32 Å². The van der Waals surface area contributed by atoms with Gasteiger partial charge in [0.15, 0.2) is 0 Å². The standard InChI is InChI=1S/C22H37FN4O4/c1-19(2)26(20(3)4)27(30-15-10-13-24)31-18-17-29-16-14-25-21(28)22(23)11-8-6-5-7-9-12-22/h19-20H,5-8,10-11,14-18H2,1-4H3,(H,25,28). The van der Waals surface area contributed by atoms with Crippen LogP contribution in [-0.4, -0.2) is 67.0 Å². The first-order valence-corrected chi connectivity index (χ1v) is 11.1. The number of rotatable bonds is 14. The highest BCUT2D eigenvalue weighted by Crippen LogP contribution is 2.22. The van der Waals surface area contributed by atoms with Gasteiger partial charge in [0, 0.05) is 36.8 Å². The minimum atomic E-state index is -2.11. The van der Waals surface area contributed by atoms with Crippen molar-refractivity contribution in [1.29, 1.82) is 5.26 Å². The van der Waals surface area contributed by atoms with Gasteiger partial charge in [0.25, 0.3) is 5.91 Å². The molecule has 0 aromatic carbocycles. The molecule has 1 atom stereocenters. The second-order valence-electron chi connectivity index (χ2n) is 7.91. The molecule has 1 amide bonds. The Morgan fingerprint density at radius 1 is 1.13 bits per heavy atom. The van der Waals surface area contributed by atoms with E-state index >= 15 is 0 Å². The lowest BCUT2D eigenvalue weighted by Crippen LogP contribution is -2.50. The topological polar surface area (TPSA) is 87.1 Å². The van der Waals surface area contributed by atoms with Crippen molar-refractivity contribution in [2.45, 2.75) is 84.0 Å². The molecule has 1 aliphatic carbocycles. The van der Waals surface area contributed by atoms with Gasteiger partial charge in [-0.2, -0.15) is 10.3 Å². The van der Waals surface area contributed by atoms with Crippen molar-refractivity contribution in [3.05, 3.63) is 0 Å². The summed E-state index contributed by atoms with van der Waals surface area (Å²) in [5.74, 6) is 4.55. The van der Waals surface area contributed by atoms with Crippen LogP contribution in [0.3, 0.4) is 0 Å². The van der Waals surface area contributed by atoms with Crippen LogP contribution in [0.4, 0.5) is 4.39 Å². The van der Waals surface area contributed by atoms with Gasteiger partial charge in [-0.15, -0.1) is 0 Å². The molecule has 0 aromatic heterocycles. The molecular formula is C22H37FN4O4. The number of carbonyl (C=O) groups is 1. The van der Waals surface area contributed by atoms with E-state index in [9.17, 15) is 9.18 Å². The van der Waals surface area contributed by atoms with E-state index in [-0.39, 0.29) is 57.9 Å². The fraction of sp³-hybridized carbons (Fsp3) is 0.818. The Labute approximate surface area is 185 Å². The van der Waals surface area contributed by atoms with Crippen molar-refractivity contribution in [1.82, 2.24) is 15.7 Å². The van der Waals surface area contributed by atoms with Crippen LogP contribution in [0.25, 0.3) is 0 Å².